The second-order valence-electron chi connectivity index (χ2n) is 16.2. The van der Waals surface area contributed by atoms with E-state index >= 15 is 0 Å². The van der Waals surface area contributed by atoms with Gasteiger partial charge in [-0.2, -0.15) is 0 Å². The molecular weight excluding hydrogens is 775 g/mol. The first-order chi connectivity index (χ1) is 31.2. The molecule has 0 atom stereocenters. The van der Waals surface area contributed by atoms with Crippen LogP contribution in [0.3, 0.4) is 0 Å². The molecule has 6 nitrogen and oxygen atoms in total. The Morgan fingerprint density at radius 3 is 1.37 bits per heavy atom. The smallest absolute Gasteiger partial charge is 0.164 e. The van der Waals surface area contributed by atoms with Gasteiger partial charge in [-0.1, -0.05) is 133 Å². The van der Waals surface area contributed by atoms with E-state index in [0.29, 0.717) is 17.5 Å². The zero-order chi connectivity index (χ0) is 41.2. The molecule has 0 aliphatic heterocycles. The van der Waals surface area contributed by atoms with E-state index in [0.717, 1.165) is 99.0 Å². The van der Waals surface area contributed by atoms with Gasteiger partial charge in [0.25, 0.3) is 0 Å². The number of furan rings is 3. The van der Waals surface area contributed by atoms with Crippen LogP contribution < -0.4 is 0 Å². The van der Waals surface area contributed by atoms with Gasteiger partial charge in [-0.15, -0.1) is 0 Å². The summed E-state index contributed by atoms with van der Waals surface area (Å²) in [4.78, 5) is 15.9. The molecule has 0 amide bonds. The van der Waals surface area contributed by atoms with Crippen molar-refractivity contribution in [1.29, 1.82) is 0 Å². The van der Waals surface area contributed by atoms with Crippen molar-refractivity contribution in [1.82, 2.24) is 15.0 Å². The Labute approximate surface area is 358 Å². The molecule has 0 saturated carbocycles. The third-order valence-corrected chi connectivity index (χ3v) is 12.7. The Hall–Kier alpha value is -8.61. The minimum atomic E-state index is 0.546. The number of rotatable bonds is 4. The van der Waals surface area contributed by atoms with E-state index in [1.807, 2.05) is 54.6 Å². The van der Waals surface area contributed by atoms with Gasteiger partial charge in [0.05, 0.1) is 0 Å². The number of hydrogen-bond acceptors (Lipinski definition) is 6. The minimum absolute atomic E-state index is 0.546. The van der Waals surface area contributed by atoms with E-state index in [2.05, 4.69) is 133 Å². The highest BCUT2D eigenvalue weighted by molar-refractivity contribution is 6.26. The fourth-order valence-electron chi connectivity index (χ4n) is 9.86. The highest BCUT2D eigenvalue weighted by atomic mass is 16.3. The highest BCUT2D eigenvalue weighted by Gasteiger charge is 2.21. The lowest BCUT2D eigenvalue weighted by Crippen LogP contribution is -2.00. The van der Waals surface area contributed by atoms with Gasteiger partial charge in [-0.3, -0.25) is 0 Å². The monoisotopic (exact) mass is 805 g/mol. The number of hydrogen-bond donors (Lipinski definition) is 0. The van der Waals surface area contributed by atoms with Crippen LogP contribution in [0.5, 0.6) is 0 Å². The third kappa shape index (κ3) is 5.09. The molecule has 14 aromatic rings. The predicted molar refractivity (Wildman–Crippen MR) is 256 cm³/mol. The average molecular weight is 806 g/mol. The summed E-state index contributed by atoms with van der Waals surface area (Å²) in [6.07, 6.45) is 0. The number of nitrogens with zero attached hydrogens (tertiary/aromatic N) is 3. The molecule has 4 heterocycles. The van der Waals surface area contributed by atoms with Crippen molar-refractivity contribution in [3.8, 4) is 45.3 Å². The van der Waals surface area contributed by atoms with Crippen molar-refractivity contribution in [2.45, 2.75) is 0 Å². The first-order valence-electron chi connectivity index (χ1n) is 21.1. The van der Waals surface area contributed by atoms with Gasteiger partial charge in [0, 0.05) is 49.0 Å². The Kier molecular flexibility index (Phi) is 7.02. The minimum Gasteiger partial charge on any atom is -0.456 e. The largest absolute Gasteiger partial charge is 0.456 e. The van der Waals surface area contributed by atoms with Crippen LogP contribution in [0.15, 0.2) is 201 Å². The molecule has 0 N–H and O–H groups in total. The highest BCUT2D eigenvalue weighted by Crippen LogP contribution is 2.43. The molecule has 292 valence electrons. The van der Waals surface area contributed by atoms with Gasteiger partial charge in [-0.25, -0.2) is 15.0 Å². The summed E-state index contributed by atoms with van der Waals surface area (Å²) >= 11 is 0. The first kappa shape index (κ1) is 34.1. The molecule has 0 saturated heterocycles. The Bertz CT molecular complexity index is 4200. The van der Waals surface area contributed by atoms with Gasteiger partial charge < -0.3 is 13.3 Å². The molecule has 0 bridgehead atoms. The Morgan fingerprint density at radius 2 is 0.667 bits per heavy atom. The van der Waals surface area contributed by atoms with E-state index in [1.165, 1.54) is 26.9 Å². The number of aromatic nitrogens is 3. The fraction of sp³-hybridized carbons (Fsp3) is 0. The van der Waals surface area contributed by atoms with Crippen LogP contribution in [0.4, 0.5) is 0 Å². The molecule has 10 aromatic carbocycles. The lowest BCUT2D eigenvalue weighted by molar-refractivity contribution is 0.668. The molecule has 6 heteroatoms. The topological polar surface area (TPSA) is 78.1 Å². The van der Waals surface area contributed by atoms with E-state index in [-0.39, 0.29) is 0 Å². The van der Waals surface area contributed by atoms with Crippen molar-refractivity contribution in [3.63, 3.8) is 0 Å². The summed E-state index contributed by atoms with van der Waals surface area (Å²) in [5.74, 6) is 1.66. The lowest BCUT2D eigenvalue weighted by Gasteiger charge is -2.13. The van der Waals surface area contributed by atoms with Crippen LogP contribution in [0.25, 0.3) is 143 Å². The van der Waals surface area contributed by atoms with Crippen LogP contribution in [0, 0.1) is 0 Å². The van der Waals surface area contributed by atoms with Crippen LogP contribution in [-0.2, 0) is 0 Å². The summed E-state index contributed by atoms with van der Waals surface area (Å²) in [5.41, 5.74) is 9.59. The summed E-state index contributed by atoms with van der Waals surface area (Å²) in [7, 11) is 0. The molecule has 0 aliphatic rings. The molecule has 14 rings (SSSR count). The maximum atomic E-state index is 6.58. The SMILES string of the molecule is c1ccc2c(c1)oc1cc(-c3nc(-c4ccc5c6ccccc6c6ccccc6c5c4)nc(-c4cccc5oc6ccc(-c7cccc8oc9ccccc9c78)cc6c45)n3)ccc12. The molecular formula is C57H31N3O3. The summed E-state index contributed by atoms with van der Waals surface area (Å²) in [5, 5.41) is 13.4. The molecule has 0 aliphatic carbocycles. The Balaban J connectivity index is 1.01. The van der Waals surface area contributed by atoms with Crippen LogP contribution in [0.2, 0.25) is 0 Å². The third-order valence-electron chi connectivity index (χ3n) is 12.7. The van der Waals surface area contributed by atoms with E-state index in [9.17, 15) is 0 Å². The molecule has 63 heavy (non-hydrogen) atoms. The van der Waals surface area contributed by atoms with Gasteiger partial charge >= 0.3 is 0 Å². The van der Waals surface area contributed by atoms with E-state index in [1.54, 1.807) is 0 Å². The summed E-state index contributed by atoms with van der Waals surface area (Å²) in [6, 6.07) is 65.1. The predicted octanol–water partition coefficient (Wildman–Crippen LogP) is 15.7. The van der Waals surface area contributed by atoms with Gasteiger partial charge in [0.15, 0.2) is 17.5 Å². The lowest BCUT2D eigenvalue weighted by atomic mass is 9.93. The maximum absolute atomic E-state index is 6.58. The maximum Gasteiger partial charge on any atom is 0.164 e. The summed E-state index contributed by atoms with van der Waals surface area (Å²) < 4.78 is 19.2. The van der Waals surface area contributed by atoms with E-state index < -0.39 is 0 Å². The fourth-order valence-corrected chi connectivity index (χ4v) is 9.86. The number of benzene rings is 10. The second kappa shape index (κ2) is 12.9. The summed E-state index contributed by atoms with van der Waals surface area (Å²) in [6.45, 7) is 0. The molecule has 0 spiro atoms. The van der Waals surface area contributed by atoms with E-state index in [4.69, 9.17) is 28.2 Å². The number of para-hydroxylation sites is 2. The van der Waals surface area contributed by atoms with Crippen molar-refractivity contribution >= 4 is 98.1 Å². The second-order valence-corrected chi connectivity index (χ2v) is 16.2. The quantitative estimate of drug-likeness (QED) is 0.165. The Morgan fingerprint density at radius 1 is 0.238 bits per heavy atom. The first-order valence-corrected chi connectivity index (χ1v) is 21.1. The normalized spacial score (nSPS) is 12.1. The van der Waals surface area contributed by atoms with Crippen molar-refractivity contribution in [2.24, 2.45) is 0 Å². The van der Waals surface area contributed by atoms with Crippen molar-refractivity contribution in [2.75, 3.05) is 0 Å². The zero-order valence-corrected chi connectivity index (χ0v) is 33.5. The van der Waals surface area contributed by atoms with Crippen LogP contribution in [0.1, 0.15) is 0 Å². The number of fused-ring (bicyclic) bond motifs is 15. The van der Waals surface area contributed by atoms with Crippen molar-refractivity contribution < 1.29 is 13.3 Å². The van der Waals surface area contributed by atoms with Crippen LogP contribution in [-0.4, -0.2) is 15.0 Å². The molecule has 4 aromatic heterocycles. The van der Waals surface area contributed by atoms with Crippen LogP contribution >= 0.6 is 0 Å². The standard InChI is InChI=1S/C57H31N3O3/c1-2-13-38-36(11-1)37-12-3-4-14-39(37)45-30-33(23-26-40(38)45)55-58-56(34-24-27-42-41-15-5-7-19-47(41)63-52(42)31-34)60-57(59-55)44-18-10-22-51-54(44)46-29-32(25-28-49(46)62-51)35-17-9-21-50-53(35)43-16-6-8-20-48(43)61-50/h1-31H. The molecule has 0 radical (unpaired) electrons. The van der Waals surface area contributed by atoms with Crippen molar-refractivity contribution in [3.05, 3.63) is 188 Å². The molecule has 0 unspecified atom stereocenters. The van der Waals surface area contributed by atoms with Gasteiger partial charge in [0.1, 0.15) is 33.5 Å². The zero-order valence-electron chi connectivity index (χ0n) is 33.5. The van der Waals surface area contributed by atoms with Gasteiger partial charge in [-0.05, 0) is 98.0 Å². The average Bonchev–Trinajstić information content (AvgIpc) is 4.04. The molecule has 0 fully saturated rings. The van der Waals surface area contributed by atoms with Gasteiger partial charge in [0.2, 0.25) is 0 Å².